The van der Waals surface area contributed by atoms with Gasteiger partial charge in [0.25, 0.3) is 0 Å². The third-order valence-electron chi connectivity index (χ3n) is 5.83. The van der Waals surface area contributed by atoms with Gasteiger partial charge in [-0.25, -0.2) is 0 Å². The van der Waals surface area contributed by atoms with Gasteiger partial charge in [0.2, 0.25) is 0 Å². The number of unbranched alkanes of at least 4 members (excludes halogenated alkanes) is 14. The molecule has 1 rings (SSSR count). The summed E-state index contributed by atoms with van der Waals surface area (Å²) in [6.07, 6.45) is 20.2. The van der Waals surface area contributed by atoms with Crippen LogP contribution in [-0.4, -0.2) is 24.3 Å². The van der Waals surface area contributed by atoms with Gasteiger partial charge in [-0.05, 0) is 30.5 Å². The Balaban J connectivity index is 2.31. The normalized spacial score (nSPS) is 10.9. The van der Waals surface area contributed by atoms with E-state index in [2.05, 4.69) is 13.8 Å². The Kier molecular flexibility index (Phi) is 17.6. The van der Waals surface area contributed by atoms with E-state index in [-0.39, 0.29) is 6.42 Å². The van der Waals surface area contributed by atoms with Crippen molar-refractivity contribution < 1.29 is 19.4 Å². The SMILES string of the molecule is CCCCCCCCCCOc1cc(CC(=O)O)cc(OCCCCCCCCCC)c1. The maximum atomic E-state index is 11.2. The molecule has 0 unspecified atom stereocenters. The number of carboxylic acids is 1. The van der Waals surface area contributed by atoms with Crippen LogP contribution >= 0.6 is 0 Å². The molecule has 0 saturated heterocycles. The molecular formula is C28H48O4. The second kappa shape index (κ2) is 19.9. The Morgan fingerprint density at radius 2 is 1.00 bits per heavy atom. The van der Waals surface area contributed by atoms with Crippen LogP contribution in [0.25, 0.3) is 0 Å². The molecule has 1 aromatic carbocycles. The van der Waals surface area contributed by atoms with E-state index in [0.717, 1.165) is 29.9 Å². The third kappa shape index (κ3) is 16.0. The first-order valence-corrected chi connectivity index (χ1v) is 13.3. The maximum absolute atomic E-state index is 11.2. The highest BCUT2D eigenvalue weighted by molar-refractivity contribution is 5.70. The summed E-state index contributed by atoms with van der Waals surface area (Å²) in [5.74, 6) is 0.606. The minimum absolute atomic E-state index is 0.0108. The zero-order chi connectivity index (χ0) is 23.3. The number of hydrogen-bond acceptors (Lipinski definition) is 3. The minimum Gasteiger partial charge on any atom is -0.493 e. The van der Waals surface area contributed by atoms with Gasteiger partial charge in [0.15, 0.2) is 0 Å². The number of carbonyl (C=O) groups is 1. The number of ether oxygens (including phenoxy) is 2. The molecule has 1 aromatic rings. The lowest BCUT2D eigenvalue weighted by Crippen LogP contribution is -2.04. The van der Waals surface area contributed by atoms with Gasteiger partial charge >= 0.3 is 5.97 Å². The molecule has 0 atom stereocenters. The number of hydrogen-bond donors (Lipinski definition) is 1. The first-order chi connectivity index (χ1) is 15.7. The van der Waals surface area contributed by atoms with Crippen molar-refractivity contribution in [2.45, 2.75) is 123 Å². The number of rotatable bonds is 22. The molecule has 0 aromatic heterocycles. The van der Waals surface area contributed by atoms with Crippen molar-refractivity contribution in [3.8, 4) is 11.5 Å². The van der Waals surface area contributed by atoms with E-state index in [0.29, 0.717) is 13.2 Å². The van der Waals surface area contributed by atoms with E-state index < -0.39 is 5.97 Å². The van der Waals surface area contributed by atoms with Gasteiger partial charge in [0.05, 0.1) is 19.6 Å². The summed E-state index contributed by atoms with van der Waals surface area (Å²) in [5.41, 5.74) is 0.733. The maximum Gasteiger partial charge on any atom is 0.307 e. The van der Waals surface area contributed by atoms with E-state index >= 15 is 0 Å². The number of carboxylic acid groups (broad SMARTS) is 1. The standard InChI is InChI=1S/C28H48O4/c1-3-5-7-9-11-13-15-17-19-31-26-21-25(23-28(29)30)22-27(24-26)32-20-18-16-14-12-10-8-6-4-2/h21-22,24H,3-20,23H2,1-2H3,(H,29,30). The lowest BCUT2D eigenvalue weighted by Gasteiger charge is -2.12. The van der Waals surface area contributed by atoms with Crippen LogP contribution in [0.15, 0.2) is 18.2 Å². The van der Waals surface area contributed by atoms with Crippen LogP contribution in [0.2, 0.25) is 0 Å². The van der Waals surface area contributed by atoms with Crippen LogP contribution in [0.1, 0.15) is 122 Å². The monoisotopic (exact) mass is 448 g/mol. The Hall–Kier alpha value is -1.71. The molecule has 184 valence electrons. The molecule has 0 spiro atoms. The molecule has 1 N–H and O–H groups in total. The second-order valence-corrected chi connectivity index (χ2v) is 9.03. The second-order valence-electron chi connectivity index (χ2n) is 9.03. The molecule has 0 fully saturated rings. The van der Waals surface area contributed by atoms with Crippen molar-refractivity contribution in [2.24, 2.45) is 0 Å². The van der Waals surface area contributed by atoms with Crippen LogP contribution in [0.3, 0.4) is 0 Å². The highest BCUT2D eigenvalue weighted by Gasteiger charge is 2.07. The summed E-state index contributed by atoms with van der Waals surface area (Å²) in [6, 6.07) is 5.57. The minimum atomic E-state index is -0.834. The van der Waals surface area contributed by atoms with Gasteiger partial charge in [-0.3, -0.25) is 4.79 Å². The van der Waals surface area contributed by atoms with Crippen molar-refractivity contribution in [3.05, 3.63) is 23.8 Å². The van der Waals surface area contributed by atoms with E-state index in [1.165, 1.54) is 89.9 Å². The van der Waals surface area contributed by atoms with Crippen molar-refractivity contribution in [1.29, 1.82) is 0 Å². The molecular weight excluding hydrogens is 400 g/mol. The highest BCUT2D eigenvalue weighted by Crippen LogP contribution is 2.24. The largest absolute Gasteiger partial charge is 0.493 e. The van der Waals surface area contributed by atoms with Crippen LogP contribution in [-0.2, 0) is 11.2 Å². The highest BCUT2D eigenvalue weighted by atomic mass is 16.5. The Bertz CT molecular complexity index is 545. The van der Waals surface area contributed by atoms with E-state index in [1.54, 1.807) is 0 Å². The topological polar surface area (TPSA) is 55.8 Å². The van der Waals surface area contributed by atoms with Crippen molar-refractivity contribution in [1.82, 2.24) is 0 Å². The van der Waals surface area contributed by atoms with E-state index in [4.69, 9.17) is 14.6 Å². The molecule has 0 aliphatic heterocycles. The van der Waals surface area contributed by atoms with Crippen LogP contribution in [0.4, 0.5) is 0 Å². The Labute approximate surface area is 197 Å². The summed E-state index contributed by atoms with van der Waals surface area (Å²) < 4.78 is 11.9. The molecule has 4 heteroatoms. The summed E-state index contributed by atoms with van der Waals surface area (Å²) in [5, 5.41) is 9.17. The molecule has 0 aliphatic carbocycles. The predicted molar refractivity (Wildman–Crippen MR) is 134 cm³/mol. The fourth-order valence-electron chi connectivity index (χ4n) is 3.93. The molecule has 4 nitrogen and oxygen atoms in total. The van der Waals surface area contributed by atoms with E-state index in [9.17, 15) is 4.79 Å². The quantitative estimate of drug-likeness (QED) is 0.181. The lowest BCUT2D eigenvalue weighted by atomic mass is 10.1. The molecule has 0 bridgehead atoms. The first kappa shape index (κ1) is 28.3. The summed E-state index contributed by atoms with van der Waals surface area (Å²) in [7, 11) is 0. The van der Waals surface area contributed by atoms with Crippen molar-refractivity contribution >= 4 is 5.97 Å². The van der Waals surface area contributed by atoms with Gasteiger partial charge in [-0.2, -0.15) is 0 Å². The summed E-state index contributed by atoms with van der Waals surface area (Å²) in [6.45, 7) is 5.83. The fourth-order valence-corrected chi connectivity index (χ4v) is 3.93. The smallest absolute Gasteiger partial charge is 0.307 e. The van der Waals surface area contributed by atoms with Gasteiger partial charge in [-0.1, -0.05) is 104 Å². The van der Waals surface area contributed by atoms with Crippen LogP contribution in [0.5, 0.6) is 11.5 Å². The third-order valence-corrected chi connectivity index (χ3v) is 5.83. The van der Waals surface area contributed by atoms with Gasteiger partial charge in [-0.15, -0.1) is 0 Å². The zero-order valence-corrected chi connectivity index (χ0v) is 20.8. The van der Waals surface area contributed by atoms with Gasteiger partial charge in [0.1, 0.15) is 11.5 Å². The molecule has 0 amide bonds. The van der Waals surface area contributed by atoms with E-state index in [1.807, 2.05) is 18.2 Å². The number of aliphatic carboxylic acids is 1. The molecule has 32 heavy (non-hydrogen) atoms. The van der Waals surface area contributed by atoms with Crippen molar-refractivity contribution in [2.75, 3.05) is 13.2 Å². The first-order valence-electron chi connectivity index (χ1n) is 13.3. The average molecular weight is 449 g/mol. The average Bonchev–Trinajstić information content (AvgIpc) is 2.76. The Morgan fingerprint density at radius 3 is 1.38 bits per heavy atom. The van der Waals surface area contributed by atoms with Crippen molar-refractivity contribution in [3.63, 3.8) is 0 Å². The van der Waals surface area contributed by atoms with Gasteiger partial charge in [0, 0.05) is 6.07 Å². The number of benzene rings is 1. The Morgan fingerprint density at radius 1 is 0.625 bits per heavy atom. The summed E-state index contributed by atoms with van der Waals surface area (Å²) in [4.78, 5) is 11.2. The predicted octanol–water partition coefficient (Wildman–Crippen LogP) is 8.35. The molecule has 0 radical (unpaired) electrons. The zero-order valence-electron chi connectivity index (χ0n) is 20.8. The molecule has 0 heterocycles. The van der Waals surface area contributed by atoms with Crippen LogP contribution in [0, 0.1) is 0 Å². The molecule has 0 saturated carbocycles. The molecule has 0 aliphatic rings. The fraction of sp³-hybridized carbons (Fsp3) is 0.750. The van der Waals surface area contributed by atoms with Gasteiger partial charge < -0.3 is 14.6 Å². The van der Waals surface area contributed by atoms with Crippen LogP contribution < -0.4 is 9.47 Å². The lowest BCUT2D eigenvalue weighted by molar-refractivity contribution is -0.136. The summed E-state index contributed by atoms with van der Waals surface area (Å²) >= 11 is 0.